The molecule has 0 saturated carbocycles. The Morgan fingerprint density at radius 1 is 0.793 bits per heavy atom. The highest BCUT2D eigenvalue weighted by Crippen LogP contribution is 2.40. The van der Waals surface area contributed by atoms with Crippen molar-refractivity contribution in [1.82, 2.24) is 0 Å². The van der Waals surface area contributed by atoms with Crippen LogP contribution in [0.2, 0.25) is 0 Å². The highest BCUT2D eigenvalue weighted by atomic mass is 31.2. The van der Waals surface area contributed by atoms with E-state index < -0.39 is 19.2 Å². The van der Waals surface area contributed by atoms with Gasteiger partial charge in [0.15, 0.2) is 0 Å². The van der Waals surface area contributed by atoms with Crippen LogP contribution in [0.3, 0.4) is 0 Å². The normalized spacial score (nSPS) is 13.0. The van der Waals surface area contributed by atoms with Gasteiger partial charge in [-0.2, -0.15) is 0 Å². The van der Waals surface area contributed by atoms with E-state index in [0.29, 0.717) is 38.9 Å². The topological polar surface area (TPSA) is 113 Å². The van der Waals surface area contributed by atoms with E-state index >= 15 is 0 Å². The van der Waals surface area contributed by atoms with Crippen molar-refractivity contribution >= 4 is 13.8 Å². The number of carboxylic acids is 1. The Morgan fingerprint density at radius 2 is 1.31 bits per heavy atom. The molecule has 0 unspecified atom stereocenters. The lowest BCUT2D eigenvalue weighted by molar-refractivity contribution is -0.150. The minimum Gasteiger partial charge on any atom is -0.481 e. The first-order valence-corrected chi connectivity index (χ1v) is 12.6. The lowest BCUT2D eigenvalue weighted by Crippen LogP contribution is -2.29. The SMILES string of the molecule is CCC(CC)(CCCCOCCCCC(CC)(CC)C(=O)O)CCOP(=O)(O)O. The number of hydrogen-bond donors (Lipinski definition) is 3. The average molecular weight is 439 g/mol. The second-order valence-electron chi connectivity index (χ2n) is 8.10. The maximum atomic E-state index is 11.5. The lowest BCUT2D eigenvalue weighted by atomic mass is 9.75. The van der Waals surface area contributed by atoms with Crippen LogP contribution in [0.25, 0.3) is 0 Å². The van der Waals surface area contributed by atoms with Gasteiger partial charge in [-0.3, -0.25) is 9.32 Å². The maximum Gasteiger partial charge on any atom is 0.469 e. The number of carboxylic acid groups (broad SMARTS) is 1. The molecule has 0 rings (SSSR count). The van der Waals surface area contributed by atoms with Crippen LogP contribution in [0.4, 0.5) is 0 Å². The predicted molar refractivity (Wildman–Crippen MR) is 115 cm³/mol. The quantitative estimate of drug-likeness (QED) is 0.179. The molecule has 0 fully saturated rings. The van der Waals surface area contributed by atoms with Gasteiger partial charge in [-0.1, -0.05) is 53.4 Å². The Bertz CT molecular complexity index is 481. The Balaban J connectivity index is 4.01. The molecule has 0 radical (unpaired) electrons. The van der Waals surface area contributed by atoms with Crippen LogP contribution in [-0.2, 0) is 18.6 Å². The van der Waals surface area contributed by atoms with Crippen molar-refractivity contribution in [2.24, 2.45) is 10.8 Å². The minimum atomic E-state index is -4.40. The number of hydrogen-bond acceptors (Lipinski definition) is 4. The van der Waals surface area contributed by atoms with Gasteiger partial charge in [0.2, 0.25) is 0 Å². The molecule has 0 aliphatic heterocycles. The fourth-order valence-corrected chi connectivity index (χ4v) is 4.28. The maximum absolute atomic E-state index is 11.5. The number of phosphoric ester groups is 1. The summed E-state index contributed by atoms with van der Waals surface area (Å²) in [7, 11) is -4.40. The van der Waals surface area contributed by atoms with Crippen LogP contribution in [0.5, 0.6) is 0 Å². The monoisotopic (exact) mass is 438 g/mol. The number of ether oxygens (including phenoxy) is 1. The number of aliphatic carboxylic acids is 1. The molecule has 8 heteroatoms. The van der Waals surface area contributed by atoms with Gasteiger partial charge in [0.25, 0.3) is 0 Å². The van der Waals surface area contributed by atoms with Gasteiger partial charge >= 0.3 is 13.8 Å². The molecule has 0 aliphatic carbocycles. The van der Waals surface area contributed by atoms with Gasteiger partial charge < -0.3 is 19.6 Å². The van der Waals surface area contributed by atoms with Gasteiger partial charge in [0.05, 0.1) is 12.0 Å². The van der Waals surface area contributed by atoms with Crippen molar-refractivity contribution in [1.29, 1.82) is 0 Å². The molecule has 3 N–H and O–H groups in total. The van der Waals surface area contributed by atoms with Crippen molar-refractivity contribution in [3.8, 4) is 0 Å². The van der Waals surface area contributed by atoms with Gasteiger partial charge in [0.1, 0.15) is 0 Å². The number of carbonyl (C=O) groups is 1. The van der Waals surface area contributed by atoms with Crippen LogP contribution < -0.4 is 0 Å². The highest BCUT2D eigenvalue weighted by molar-refractivity contribution is 7.46. The highest BCUT2D eigenvalue weighted by Gasteiger charge is 2.33. The first kappa shape index (κ1) is 28.5. The molecule has 0 amide bonds. The second-order valence-corrected chi connectivity index (χ2v) is 9.34. The van der Waals surface area contributed by atoms with Crippen LogP contribution in [0.1, 0.15) is 98.3 Å². The summed E-state index contributed by atoms with van der Waals surface area (Å²) in [6.07, 6.45) is 9.26. The Morgan fingerprint density at radius 3 is 1.72 bits per heavy atom. The van der Waals surface area contributed by atoms with Gasteiger partial charge in [-0.25, -0.2) is 4.57 Å². The summed E-state index contributed by atoms with van der Waals surface area (Å²) in [5, 5.41) is 9.45. The molecule has 0 saturated heterocycles. The molecule has 29 heavy (non-hydrogen) atoms. The van der Waals surface area contributed by atoms with Gasteiger partial charge in [-0.15, -0.1) is 0 Å². The van der Waals surface area contributed by atoms with E-state index in [4.69, 9.17) is 14.5 Å². The summed E-state index contributed by atoms with van der Waals surface area (Å²) in [6.45, 7) is 9.54. The fourth-order valence-electron chi connectivity index (χ4n) is 3.95. The molecule has 0 heterocycles. The number of unbranched alkanes of at least 4 members (excludes halogenated alkanes) is 2. The molecule has 0 atom stereocenters. The molecule has 174 valence electrons. The zero-order chi connectivity index (χ0) is 22.4. The van der Waals surface area contributed by atoms with Crippen molar-refractivity contribution in [3.05, 3.63) is 0 Å². The summed E-state index contributed by atoms with van der Waals surface area (Å²) in [4.78, 5) is 29.2. The first-order chi connectivity index (χ1) is 13.6. The third-order valence-electron chi connectivity index (χ3n) is 6.64. The van der Waals surface area contributed by atoms with Crippen LogP contribution >= 0.6 is 7.82 Å². The third kappa shape index (κ3) is 11.5. The summed E-state index contributed by atoms with van der Waals surface area (Å²) in [5.41, 5.74) is -0.539. The summed E-state index contributed by atoms with van der Waals surface area (Å²) < 4.78 is 21.2. The summed E-state index contributed by atoms with van der Waals surface area (Å²) in [6, 6.07) is 0. The molecule has 7 nitrogen and oxygen atoms in total. The van der Waals surface area contributed by atoms with Gasteiger partial charge in [0, 0.05) is 13.2 Å². The Kier molecular flexibility index (Phi) is 14.3. The Hall–Kier alpha value is -0.460. The van der Waals surface area contributed by atoms with E-state index in [-0.39, 0.29) is 12.0 Å². The molecular formula is C21H43O7P. The smallest absolute Gasteiger partial charge is 0.469 e. The number of rotatable bonds is 19. The molecule has 0 spiro atoms. The number of phosphoric acid groups is 1. The molecule has 0 aromatic rings. The first-order valence-electron chi connectivity index (χ1n) is 11.1. The fraction of sp³-hybridized carbons (Fsp3) is 0.952. The van der Waals surface area contributed by atoms with Crippen molar-refractivity contribution < 1.29 is 33.5 Å². The van der Waals surface area contributed by atoms with E-state index in [9.17, 15) is 14.5 Å². The van der Waals surface area contributed by atoms with E-state index in [1.165, 1.54) is 0 Å². The Labute approximate surface area is 176 Å². The molecule has 0 bridgehead atoms. The summed E-state index contributed by atoms with van der Waals surface area (Å²) in [5.74, 6) is -0.690. The molecule has 0 aromatic carbocycles. The van der Waals surface area contributed by atoms with Crippen molar-refractivity contribution in [2.45, 2.75) is 98.3 Å². The van der Waals surface area contributed by atoms with E-state index in [1.807, 2.05) is 13.8 Å². The minimum absolute atomic E-state index is 0.0512. The third-order valence-corrected chi connectivity index (χ3v) is 7.16. The second kappa shape index (κ2) is 14.5. The van der Waals surface area contributed by atoms with E-state index in [1.54, 1.807) is 0 Å². The average Bonchev–Trinajstić information content (AvgIpc) is 2.67. The lowest BCUT2D eigenvalue weighted by Gasteiger charge is -2.32. The zero-order valence-corrected chi connectivity index (χ0v) is 19.7. The van der Waals surface area contributed by atoms with Crippen LogP contribution in [0.15, 0.2) is 0 Å². The standard InChI is InChI=1S/C21H43O7P/c1-5-20(6-2,15-18-28-29(24,25)26)13-9-11-16-27-17-12-10-14-21(7-3,8-4)19(22)23/h5-18H2,1-4H3,(H,22,23)(H2,24,25,26). The van der Waals surface area contributed by atoms with Gasteiger partial charge in [-0.05, 0) is 50.4 Å². The van der Waals surface area contributed by atoms with Crippen molar-refractivity contribution in [2.75, 3.05) is 19.8 Å². The van der Waals surface area contributed by atoms with Crippen LogP contribution in [0, 0.1) is 10.8 Å². The van der Waals surface area contributed by atoms with E-state index in [0.717, 1.165) is 44.9 Å². The predicted octanol–water partition coefficient (Wildman–Crippen LogP) is 5.54. The van der Waals surface area contributed by atoms with Crippen LogP contribution in [-0.4, -0.2) is 40.7 Å². The largest absolute Gasteiger partial charge is 0.481 e. The molecular weight excluding hydrogens is 395 g/mol. The molecule has 0 aliphatic rings. The molecule has 0 aromatic heterocycles. The zero-order valence-electron chi connectivity index (χ0n) is 18.8. The van der Waals surface area contributed by atoms with E-state index in [2.05, 4.69) is 18.4 Å². The summed E-state index contributed by atoms with van der Waals surface area (Å²) >= 11 is 0. The van der Waals surface area contributed by atoms with Crippen molar-refractivity contribution in [3.63, 3.8) is 0 Å².